The second kappa shape index (κ2) is 12.9. The summed E-state index contributed by atoms with van der Waals surface area (Å²) >= 11 is 0. The molecule has 1 unspecified atom stereocenters. The maximum Gasteiger partial charge on any atom is 0.151 e. The van der Waals surface area contributed by atoms with Gasteiger partial charge in [-0.25, -0.2) is 0 Å². The molecule has 0 fully saturated rings. The van der Waals surface area contributed by atoms with Crippen LogP contribution in [0.3, 0.4) is 0 Å². The lowest BCUT2D eigenvalue weighted by Gasteiger charge is -2.13. The molecule has 0 aliphatic carbocycles. The van der Waals surface area contributed by atoms with Gasteiger partial charge in [0.15, 0.2) is 6.29 Å². The van der Waals surface area contributed by atoms with Crippen LogP contribution in [0.4, 0.5) is 0 Å². The minimum absolute atomic E-state index is 0.588. The van der Waals surface area contributed by atoms with Crippen molar-refractivity contribution in [3.05, 3.63) is 0 Å². The zero-order chi connectivity index (χ0) is 13.0. The normalized spacial score (nSPS) is 12.6. The van der Waals surface area contributed by atoms with E-state index in [1.165, 1.54) is 19.6 Å². The largest absolute Gasteiger partial charge is 0.368 e. The number of nitrogens with zero attached hydrogens (tertiary/aromatic N) is 2. The second-order valence-electron chi connectivity index (χ2n) is 3.89. The van der Waals surface area contributed by atoms with Crippen molar-refractivity contribution in [3.8, 4) is 0 Å². The number of aliphatic hydroxyl groups excluding tert-OH is 1. The van der Waals surface area contributed by atoms with Crippen LogP contribution in [0.1, 0.15) is 27.7 Å². The third-order valence-corrected chi connectivity index (χ3v) is 2.24. The van der Waals surface area contributed by atoms with Crippen molar-refractivity contribution in [2.75, 3.05) is 46.9 Å². The average Bonchev–Trinajstić information content (AvgIpc) is 2.20. The zero-order valence-corrected chi connectivity index (χ0v) is 11.9. The van der Waals surface area contributed by atoms with Crippen molar-refractivity contribution in [1.82, 2.24) is 9.80 Å². The fourth-order valence-electron chi connectivity index (χ4n) is 1.08. The number of ether oxygens (including phenoxy) is 1. The van der Waals surface area contributed by atoms with Gasteiger partial charge in [-0.2, -0.15) is 0 Å². The van der Waals surface area contributed by atoms with E-state index < -0.39 is 6.29 Å². The topological polar surface area (TPSA) is 35.9 Å². The van der Waals surface area contributed by atoms with Gasteiger partial charge in [0.05, 0.1) is 6.61 Å². The van der Waals surface area contributed by atoms with E-state index in [-0.39, 0.29) is 0 Å². The summed E-state index contributed by atoms with van der Waals surface area (Å²) in [7, 11) is 3.93. The highest BCUT2D eigenvalue weighted by Gasteiger charge is 1.93. The molecule has 1 atom stereocenters. The van der Waals surface area contributed by atoms with Crippen molar-refractivity contribution in [2.24, 2.45) is 0 Å². The lowest BCUT2D eigenvalue weighted by atomic mass is 10.5. The molecular weight excluding hydrogens is 204 g/mol. The van der Waals surface area contributed by atoms with Crippen LogP contribution >= 0.6 is 0 Å². The number of rotatable bonds is 7. The average molecular weight is 234 g/mol. The highest BCUT2D eigenvalue weighted by atomic mass is 16.6. The highest BCUT2D eigenvalue weighted by molar-refractivity contribution is 4.43. The molecule has 0 aliphatic rings. The van der Waals surface area contributed by atoms with Gasteiger partial charge in [-0.3, -0.25) is 0 Å². The molecule has 0 rings (SSSR count). The lowest BCUT2D eigenvalue weighted by molar-refractivity contribution is -0.0874. The van der Waals surface area contributed by atoms with Gasteiger partial charge in [-0.15, -0.1) is 0 Å². The second-order valence-corrected chi connectivity index (χ2v) is 3.89. The van der Waals surface area contributed by atoms with E-state index in [1.807, 2.05) is 19.0 Å². The monoisotopic (exact) mass is 234 g/mol. The standard InChI is InChI=1S/C6H15NO2.C6H15N/c1-6(8)9-5-4-7(2)3;1-4-7(5-2)6-3/h6,8H,4-5H2,1-3H3;4-6H2,1-3H3. The molecule has 0 bridgehead atoms. The number of aliphatic hydroxyl groups is 1. The van der Waals surface area contributed by atoms with Gasteiger partial charge in [-0.05, 0) is 40.7 Å². The van der Waals surface area contributed by atoms with Crippen LogP contribution in [-0.2, 0) is 4.74 Å². The van der Waals surface area contributed by atoms with Gasteiger partial charge >= 0.3 is 0 Å². The Labute approximate surface area is 101 Å². The first kappa shape index (κ1) is 18.2. The predicted molar refractivity (Wildman–Crippen MR) is 69.6 cm³/mol. The fourth-order valence-corrected chi connectivity index (χ4v) is 1.08. The van der Waals surface area contributed by atoms with Crippen molar-refractivity contribution in [1.29, 1.82) is 0 Å². The molecule has 1 N–H and O–H groups in total. The summed E-state index contributed by atoms with van der Waals surface area (Å²) in [4.78, 5) is 4.38. The molecule has 4 nitrogen and oxygen atoms in total. The van der Waals surface area contributed by atoms with E-state index in [0.29, 0.717) is 6.61 Å². The molecule has 0 saturated heterocycles. The Morgan fingerprint density at radius 3 is 1.69 bits per heavy atom. The van der Waals surface area contributed by atoms with Crippen LogP contribution in [0, 0.1) is 0 Å². The molecule has 0 heterocycles. The van der Waals surface area contributed by atoms with E-state index in [4.69, 9.17) is 9.84 Å². The maximum absolute atomic E-state index is 8.62. The first-order valence-electron chi connectivity index (χ1n) is 6.14. The Morgan fingerprint density at radius 1 is 1.06 bits per heavy atom. The molecule has 0 spiro atoms. The lowest BCUT2D eigenvalue weighted by Crippen LogP contribution is -2.21. The molecule has 0 aliphatic heterocycles. The summed E-state index contributed by atoms with van der Waals surface area (Å²) < 4.78 is 4.87. The number of likely N-dealkylation sites (N-methyl/N-ethyl adjacent to an activating group) is 1. The third-order valence-electron chi connectivity index (χ3n) is 2.24. The molecule has 0 radical (unpaired) electrons. The third kappa shape index (κ3) is 16.3. The van der Waals surface area contributed by atoms with Gasteiger partial charge in [0.2, 0.25) is 0 Å². The Balaban J connectivity index is 0. The summed E-state index contributed by atoms with van der Waals surface area (Å²) in [6, 6.07) is 0. The van der Waals surface area contributed by atoms with Gasteiger partial charge in [0.25, 0.3) is 0 Å². The summed E-state index contributed by atoms with van der Waals surface area (Å²) in [5, 5.41) is 8.62. The highest BCUT2D eigenvalue weighted by Crippen LogP contribution is 1.83. The van der Waals surface area contributed by atoms with Crippen molar-refractivity contribution >= 4 is 0 Å². The first-order chi connectivity index (χ1) is 7.47. The fraction of sp³-hybridized carbons (Fsp3) is 1.00. The number of hydrogen-bond donors (Lipinski definition) is 1. The molecule has 100 valence electrons. The minimum Gasteiger partial charge on any atom is -0.368 e. The predicted octanol–water partition coefficient (Wildman–Crippen LogP) is 1.25. The van der Waals surface area contributed by atoms with E-state index in [9.17, 15) is 0 Å². The van der Waals surface area contributed by atoms with Crippen molar-refractivity contribution in [2.45, 2.75) is 34.0 Å². The molecule has 0 aromatic rings. The SMILES string of the molecule is CC(O)OCCN(C)C.CCN(CC)CC. The summed E-state index contributed by atoms with van der Waals surface area (Å²) in [6.07, 6.45) is -0.634. The molecule has 0 aromatic heterocycles. The summed E-state index contributed by atoms with van der Waals surface area (Å²) in [5.41, 5.74) is 0. The molecular formula is C12H30N2O2. The molecule has 0 amide bonds. The molecule has 16 heavy (non-hydrogen) atoms. The van der Waals surface area contributed by atoms with Crippen molar-refractivity contribution < 1.29 is 9.84 Å². The summed E-state index contributed by atoms with van der Waals surface area (Å²) in [6.45, 7) is 13.2. The Bertz CT molecular complexity index is 113. The van der Waals surface area contributed by atoms with E-state index in [1.54, 1.807) is 6.92 Å². The van der Waals surface area contributed by atoms with Gasteiger partial charge < -0.3 is 19.6 Å². The van der Waals surface area contributed by atoms with E-state index >= 15 is 0 Å². The van der Waals surface area contributed by atoms with Crippen LogP contribution in [0.5, 0.6) is 0 Å². The van der Waals surface area contributed by atoms with Gasteiger partial charge in [-0.1, -0.05) is 20.8 Å². The van der Waals surface area contributed by atoms with Crippen LogP contribution in [0.25, 0.3) is 0 Å². The van der Waals surface area contributed by atoms with E-state index in [2.05, 4.69) is 25.7 Å². The summed E-state index contributed by atoms with van der Waals surface area (Å²) in [5.74, 6) is 0. The van der Waals surface area contributed by atoms with Crippen LogP contribution < -0.4 is 0 Å². The first-order valence-corrected chi connectivity index (χ1v) is 6.14. The van der Waals surface area contributed by atoms with Crippen LogP contribution in [0.15, 0.2) is 0 Å². The van der Waals surface area contributed by atoms with E-state index in [0.717, 1.165) is 6.54 Å². The molecule has 0 saturated carbocycles. The zero-order valence-electron chi connectivity index (χ0n) is 11.9. The molecule has 0 aromatic carbocycles. The van der Waals surface area contributed by atoms with Crippen LogP contribution in [0.2, 0.25) is 0 Å². The Morgan fingerprint density at radius 2 is 1.50 bits per heavy atom. The van der Waals surface area contributed by atoms with Gasteiger partial charge in [0, 0.05) is 6.54 Å². The van der Waals surface area contributed by atoms with Crippen LogP contribution in [-0.4, -0.2) is 68.1 Å². The Hall–Kier alpha value is -0.160. The molecule has 4 heteroatoms. The number of hydrogen-bond acceptors (Lipinski definition) is 4. The Kier molecular flexibility index (Phi) is 14.7. The van der Waals surface area contributed by atoms with Crippen molar-refractivity contribution in [3.63, 3.8) is 0 Å². The smallest absolute Gasteiger partial charge is 0.151 e. The maximum atomic E-state index is 8.62. The quantitative estimate of drug-likeness (QED) is 0.673. The minimum atomic E-state index is -0.634. The van der Waals surface area contributed by atoms with Gasteiger partial charge in [0.1, 0.15) is 0 Å².